The number of hydrogen-bond acceptors (Lipinski definition) is 3. The summed E-state index contributed by atoms with van der Waals surface area (Å²) >= 11 is 0. The summed E-state index contributed by atoms with van der Waals surface area (Å²) in [6.07, 6.45) is 0.651. The Balaban J connectivity index is 0.000000240. The Labute approximate surface area is 120 Å². The second-order valence-electron chi connectivity index (χ2n) is 4.22. The van der Waals surface area contributed by atoms with Crippen molar-refractivity contribution in [3.8, 4) is 11.8 Å². The normalized spacial score (nSPS) is 9.05. The molecule has 0 saturated heterocycles. The Hall–Kier alpha value is -2.31. The van der Waals surface area contributed by atoms with Crippen molar-refractivity contribution in [3.63, 3.8) is 0 Å². The van der Waals surface area contributed by atoms with Crippen LogP contribution >= 0.6 is 0 Å². The van der Waals surface area contributed by atoms with Gasteiger partial charge in [-0.3, -0.25) is 0 Å². The largest absolute Gasteiger partial charge is 0.479 e. The van der Waals surface area contributed by atoms with Crippen molar-refractivity contribution < 1.29 is 9.84 Å². The smallest absolute Gasteiger partial charge is 0.174 e. The Morgan fingerprint density at radius 3 is 2.15 bits per heavy atom. The average molecular weight is 269 g/mol. The van der Waals surface area contributed by atoms with Crippen LogP contribution in [0.5, 0.6) is 5.75 Å². The van der Waals surface area contributed by atoms with E-state index in [1.165, 1.54) is 5.56 Å². The Morgan fingerprint density at radius 2 is 1.70 bits per heavy atom. The summed E-state index contributed by atoms with van der Waals surface area (Å²) in [5.74, 6) is 0.684. The van der Waals surface area contributed by atoms with Crippen molar-refractivity contribution in [2.75, 3.05) is 13.2 Å². The van der Waals surface area contributed by atoms with Gasteiger partial charge in [-0.1, -0.05) is 48.0 Å². The van der Waals surface area contributed by atoms with Gasteiger partial charge in [0, 0.05) is 6.61 Å². The minimum absolute atomic E-state index is 0.0688. The van der Waals surface area contributed by atoms with Crippen molar-refractivity contribution in [1.29, 1.82) is 5.26 Å². The van der Waals surface area contributed by atoms with Gasteiger partial charge in [0.15, 0.2) is 6.61 Å². The zero-order chi connectivity index (χ0) is 14.6. The topological polar surface area (TPSA) is 53.2 Å². The first-order chi connectivity index (χ1) is 9.76. The zero-order valence-electron chi connectivity index (χ0n) is 11.6. The molecular formula is C17H19NO2. The molecule has 0 unspecified atom stereocenters. The van der Waals surface area contributed by atoms with Crippen LogP contribution < -0.4 is 4.74 Å². The molecule has 0 bridgehead atoms. The summed E-state index contributed by atoms with van der Waals surface area (Å²) in [6.45, 7) is 2.30. The average Bonchev–Trinajstić information content (AvgIpc) is 2.48. The van der Waals surface area contributed by atoms with E-state index in [-0.39, 0.29) is 13.2 Å². The molecule has 2 aromatic rings. The molecule has 0 saturated carbocycles. The Bertz CT molecular complexity index is 515. The Morgan fingerprint density at radius 1 is 1.05 bits per heavy atom. The second kappa shape index (κ2) is 9.60. The van der Waals surface area contributed by atoms with Crippen molar-refractivity contribution in [2.45, 2.75) is 13.3 Å². The molecule has 0 aliphatic heterocycles. The summed E-state index contributed by atoms with van der Waals surface area (Å²) in [5.41, 5.74) is 2.38. The van der Waals surface area contributed by atoms with Crippen LogP contribution in [0.2, 0.25) is 0 Å². The standard InChI is InChI=1S/C10H11NO2.C7H8/c11-6-8-13-10-3-1-9(2-4-10)5-7-12;1-7-5-3-2-4-6-7/h1-4,12H,5,7-8H2;2-6H,1H3. The molecule has 1 N–H and O–H groups in total. The highest BCUT2D eigenvalue weighted by Crippen LogP contribution is 2.11. The van der Waals surface area contributed by atoms with Crippen LogP contribution in [0.4, 0.5) is 0 Å². The molecule has 0 radical (unpaired) electrons. The molecule has 0 atom stereocenters. The molecule has 0 heterocycles. The van der Waals surface area contributed by atoms with Crippen molar-refractivity contribution >= 4 is 0 Å². The molecule has 2 rings (SSSR count). The zero-order valence-corrected chi connectivity index (χ0v) is 11.6. The predicted molar refractivity (Wildman–Crippen MR) is 79.5 cm³/mol. The fourth-order valence-electron chi connectivity index (χ4n) is 1.53. The molecule has 2 aromatic carbocycles. The van der Waals surface area contributed by atoms with Gasteiger partial charge in [-0.2, -0.15) is 5.26 Å². The predicted octanol–water partition coefficient (Wildman–Crippen LogP) is 3.12. The fraction of sp³-hybridized carbons (Fsp3) is 0.235. The molecule has 0 aliphatic rings. The fourth-order valence-corrected chi connectivity index (χ4v) is 1.53. The number of aliphatic hydroxyl groups excluding tert-OH is 1. The summed E-state index contributed by atoms with van der Waals surface area (Å²) in [4.78, 5) is 0. The number of aryl methyl sites for hydroxylation is 1. The SMILES string of the molecule is Cc1ccccc1.N#CCOc1ccc(CCO)cc1. The third kappa shape index (κ3) is 6.58. The van der Waals surface area contributed by atoms with E-state index in [9.17, 15) is 0 Å². The molecule has 0 aromatic heterocycles. The van der Waals surface area contributed by atoms with Gasteiger partial charge in [-0.25, -0.2) is 0 Å². The number of nitriles is 1. The lowest BCUT2D eigenvalue weighted by atomic mass is 10.1. The van der Waals surface area contributed by atoms with Gasteiger partial charge in [-0.05, 0) is 31.0 Å². The first kappa shape index (κ1) is 15.7. The van der Waals surface area contributed by atoms with E-state index in [0.717, 1.165) is 5.56 Å². The van der Waals surface area contributed by atoms with Gasteiger partial charge in [-0.15, -0.1) is 0 Å². The molecule has 20 heavy (non-hydrogen) atoms. The number of hydrogen-bond donors (Lipinski definition) is 1. The van der Waals surface area contributed by atoms with Crippen molar-refractivity contribution in [3.05, 3.63) is 65.7 Å². The molecular weight excluding hydrogens is 250 g/mol. The van der Waals surface area contributed by atoms with Crippen LogP contribution in [-0.2, 0) is 6.42 Å². The van der Waals surface area contributed by atoms with E-state index in [1.54, 1.807) is 12.1 Å². The maximum Gasteiger partial charge on any atom is 0.174 e. The number of nitrogens with zero attached hydrogens (tertiary/aromatic N) is 1. The van der Waals surface area contributed by atoms with E-state index < -0.39 is 0 Å². The molecule has 3 heteroatoms. The van der Waals surface area contributed by atoms with Crippen LogP contribution in [0.3, 0.4) is 0 Å². The molecule has 0 fully saturated rings. The van der Waals surface area contributed by atoms with Crippen LogP contribution in [0, 0.1) is 18.3 Å². The lowest BCUT2D eigenvalue weighted by Gasteiger charge is -2.02. The maximum absolute atomic E-state index is 8.66. The molecule has 3 nitrogen and oxygen atoms in total. The number of rotatable bonds is 4. The van der Waals surface area contributed by atoms with Crippen LogP contribution in [-0.4, -0.2) is 18.3 Å². The lowest BCUT2D eigenvalue weighted by Crippen LogP contribution is -1.94. The number of ether oxygens (including phenoxy) is 1. The van der Waals surface area contributed by atoms with E-state index in [4.69, 9.17) is 15.1 Å². The van der Waals surface area contributed by atoms with Crippen molar-refractivity contribution in [1.82, 2.24) is 0 Å². The van der Waals surface area contributed by atoms with Gasteiger partial charge >= 0.3 is 0 Å². The highest BCUT2D eigenvalue weighted by molar-refractivity contribution is 5.27. The first-order valence-corrected chi connectivity index (χ1v) is 6.47. The van der Waals surface area contributed by atoms with E-state index in [2.05, 4.69) is 19.1 Å². The molecule has 0 amide bonds. The monoisotopic (exact) mass is 269 g/mol. The van der Waals surface area contributed by atoms with E-state index in [0.29, 0.717) is 12.2 Å². The van der Waals surface area contributed by atoms with Crippen LogP contribution in [0.15, 0.2) is 54.6 Å². The third-order valence-electron chi connectivity index (χ3n) is 2.57. The van der Waals surface area contributed by atoms with E-state index >= 15 is 0 Å². The maximum atomic E-state index is 8.66. The summed E-state index contributed by atoms with van der Waals surface area (Å²) < 4.78 is 5.06. The molecule has 104 valence electrons. The summed E-state index contributed by atoms with van der Waals surface area (Å²) in [7, 11) is 0. The molecule has 0 spiro atoms. The summed E-state index contributed by atoms with van der Waals surface area (Å²) in [5, 5.41) is 16.9. The number of aliphatic hydroxyl groups is 1. The molecule has 0 aliphatic carbocycles. The minimum atomic E-state index is 0.0688. The van der Waals surface area contributed by atoms with Crippen molar-refractivity contribution in [2.24, 2.45) is 0 Å². The lowest BCUT2D eigenvalue weighted by molar-refractivity contribution is 0.299. The van der Waals surface area contributed by atoms with Gasteiger partial charge < -0.3 is 9.84 Å². The Kier molecular flexibility index (Phi) is 7.56. The van der Waals surface area contributed by atoms with E-state index in [1.807, 2.05) is 36.4 Å². The second-order valence-corrected chi connectivity index (χ2v) is 4.22. The first-order valence-electron chi connectivity index (χ1n) is 6.47. The van der Waals surface area contributed by atoms with Crippen LogP contribution in [0.25, 0.3) is 0 Å². The quantitative estimate of drug-likeness (QED) is 0.927. The number of benzene rings is 2. The third-order valence-corrected chi connectivity index (χ3v) is 2.57. The highest BCUT2D eigenvalue weighted by atomic mass is 16.5. The summed E-state index contributed by atoms with van der Waals surface area (Å²) in [6, 6.07) is 19.5. The van der Waals surface area contributed by atoms with Gasteiger partial charge in [0.2, 0.25) is 0 Å². The van der Waals surface area contributed by atoms with Gasteiger partial charge in [0.05, 0.1) is 0 Å². The van der Waals surface area contributed by atoms with Gasteiger partial charge in [0.25, 0.3) is 0 Å². The van der Waals surface area contributed by atoms with Gasteiger partial charge in [0.1, 0.15) is 11.8 Å². The van der Waals surface area contributed by atoms with Crippen LogP contribution in [0.1, 0.15) is 11.1 Å². The minimum Gasteiger partial charge on any atom is -0.479 e. The highest BCUT2D eigenvalue weighted by Gasteiger charge is 1.94.